The molecule has 0 aliphatic carbocycles. The van der Waals surface area contributed by atoms with Gasteiger partial charge in [-0.15, -0.1) is 6.42 Å². The molecule has 0 spiro atoms. The Bertz CT molecular complexity index is 3190. The Labute approximate surface area is 420 Å². The van der Waals surface area contributed by atoms with Crippen molar-refractivity contribution in [2.24, 2.45) is 0 Å². The number of allylic oxidation sites excluding steroid dienone is 1. The van der Waals surface area contributed by atoms with Crippen molar-refractivity contribution >= 4 is 52.4 Å². The highest BCUT2D eigenvalue weighted by Crippen LogP contribution is 2.43. The topological polar surface area (TPSA) is 57.4 Å². The molecule has 0 amide bonds. The third kappa shape index (κ3) is 10.1. The van der Waals surface area contributed by atoms with Crippen molar-refractivity contribution in [2.45, 2.75) is 157 Å². The maximum Gasteiger partial charge on any atom is 0.0737 e. The van der Waals surface area contributed by atoms with Crippen molar-refractivity contribution in [2.75, 3.05) is 0 Å². The van der Waals surface area contributed by atoms with Gasteiger partial charge in [0.05, 0.1) is 22.8 Å². The molecule has 2 aliphatic heterocycles. The Morgan fingerprint density at radius 1 is 0.371 bits per heavy atom. The number of rotatable bonds is 4. The summed E-state index contributed by atoms with van der Waals surface area (Å²) < 4.78 is 0. The number of benzene rings is 3. The number of aromatic amines is 2. The summed E-state index contributed by atoms with van der Waals surface area (Å²) in [5.41, 5.74) is 21.9. The largest absolute Gasteiger partial charge is 0.354 e. The molecule has 360 valence electrons. The average molecular weight is 925 g/mol. The molecular weight excluding hydrogens is 849 g/mol. The number of hydrogen-bond acceptors (Lipinski definition) is 2. The van der Waals surface area contributed by atoms with E-state index in [4.69, 9.17) is 16.4 Å². The highest BCUT2D eigenvalue weighted by atomic mass is 14.8. The van der Waals surface area contributed by atoms with Gasteiger partial charge in [-0.2, -0.15) is 0 Å². The van der Waals surface area contributed by atoms with E-state index in [0.29, 0.717) is 0 Å². The van der Waals surface area contributed by atoms with Crippen LogP contribution in [0.25, 0.3) is 85.8 Å². The average Bonchev–Trinajstić information content (AvgIpc) is 4.10. The van der Waals surface area contributed by atoms with Gasteiger partial charge in [0.2, 0.25) is 0 Å². The molecule has 70 heavy (non-hydrogen) atoms. The molecule has 0 unspecified atom stereocenters. The first-order valence-corrected chi connectivity index (χ1v) is 25.2. The minimum atomic E-state index is -0.0916. The predicted molar refractivity (Wildman–Crippen MR) is 305 cm³/mol. The number of aromatic nitrogens is 4. The van der Waals surface area contributed by atoms with Gasteiger partial charge in [-0.05, 0) is 143 Å². The molecule has 0 radical (unpaired) electrons. The van der Waals surface area contributed by atoms with Crippen LogP contribution in [0.3, 0.4) is 0 Å². The van der Waals surface area contributed by atoms with Gasteiger partial charge in [-0.3, -0.25) is 0 Å². The lowest BCUT2D eigenvalue weighted by Crippen LogP contribution is -2.16. The second-order valence-corrected chi connectivity index (χ2v) is 25.9. The van der Waals surface area contributed by atoms with Gasteiger partial charge in [0, 0.05) is 44.3 Å². The lowest BCUT2D eigenvalue weighted by Gasteiger charge is -2.26. The molecule has 3 aromatic heterocycles. The zero-order valence-electron chi connectivity index (χ0n) is 45.4. The van der Waals surface area contributed by atoms with Crippen LogP contribution in [0.15, 0.2) is 84.9 Å². The van der Waals surface area contributed by atoms with Gasteiger partial charge < -0.3 is 9.97 Å². The summed E-state index contributed by atoms with van der Waals surface area (Å²) in [6, 6.07) is 30.3. The molecule has 2 aliphatic rings. The Hall–Kier alpha value is -6.44. The second-order valence-electron chi connectivity index (χ2n) is 25.9. The maximum absolute atomic E-state index is 5.94. The first-order valence-electron chi connectivity index (χ1n) is 25.2. The fourth-order valence-electron chi connectivity index (χ4n) is 9.36. The van der Waals surface area contributed by atoms with Crippen LogP contribution < -0.4 is 0 Å². The van der Waals surface area contributed by atoms with E-state index in [0.717, 1.165) is 83.8 Å². The number of hydrogen-bond donors (Lipinski definition) is 2. The van der Waals surface area contributed by atoms with Crippen molar-refractivity contribution in [3.8, 4) is 45.7 Å². The number of terminal acetylenes is 1. The van der Waals surface area contributed by atoms with Crippen LogP contribution in [0, 0.1) is 12.3 Å². The van der Waals surface area contributed by atoms with E-state index in [1.165, 1.54) is 33.4 Å². The predicted octanol–water partition coefficient (Wildman–Crippen LogP) is 18.1. The summed E-state index contributed by atoms with van der Waals surface area (Å²) >= 11 is 0. The maximum atomic E-state index is 5.94. The summed E-state index contributed by atoms with van der Waals surface area (Å²) in [5, 5.41) is 0. The molecule has 4 heteroatoms. The molecule has 0 fully saturated rings. The van der Waals surface area contributed by atoms with Crippen LogP contribution in [-0.2, 0) is 32.5 Å². The lowest BCUT2D eigenvalue weighted by atomic mass is 9.78. The van der Waals surface area contributed by atoms with Crippen LogP contribution in [0.5, 0.6) is 0 Å². The number of H-pyrrole nitrogens is 2. The third-order valence-corrected chi connectivity index (χ3v) is 14.0. The molecule has 5 heterocycles. The van der Waals surface area contributed by atoms with E-state index >= 15 is 0 Å². The van der Waals surface area contributed by atoms with Crippen molar-refractivity contribution in [3.05, 3.63) is 147 Å². The lowest BCUT2D eigenvalue weighted by molar-refractivity contribution is 0.568. The van der Waals surface area contributed by atoms with Crippen LogP contribution in [0.4, 0.5) is 0 Å². The molecule has 0 saturated carbocycles. The van der Waals surface area contributed by atoms with Gasteiger partial charge in [-0.25, -0.2) is 9.97 Å². The smallest absolute Gasteiger partial charge is 0.0737 e. The van der Waals surface area contributed by atoms with E-state index in [1.807, 2.05) is 6.08 Å². The summed E-state index contributed by atoms with van der Waals surface area (Å²) in [6.45, 7) is 41.4. The van der Waals surface area contributed by atoms with Crippen LogP contribution >= 0.6 is 0 Å². The Morgan fingerprint density at radius 2 is 0.629 bits per heavy atom. The van der Waals surface area contributed by atoms with E-state index in [1.54, 1.807) is 6.08 Å². The van der Waals surface area contributed by atoms with E-state index in [9.17, 15) is 0 Å². The Balaban J connectivity index is 1.63. The number of nitrogens with one attached hydrogen (secondary N) is 2. The Kier molecular flexibility index (Phi) is 12.5. The van der Waals surface area contributed by atoms with Gasteiger partial charge in [-0.1, -0.05) is 185 Å². The van der Waals surface area contributed by atoms with E-state index in [2.05, 4.69) is 244 Å². The zero-order valence-corrected chi connectivity index (χ0v) is 45.4. The van der Waals surface area contributed by atoms with Gasteiger partial charge in [0.25, 0.3) is 0 Å². The SMILES string of the molecule is C#C/C=C/c1c2nc(c(-c3cc(C(C)(C)C)cc(C(C)(C)C)c3)c3ccc([nH]3)c(-c3cc(C(C)(C)C)cc(C(C)(C)C)c3)c3nc(c(-c4cc(C(C)(C)C)cc(C(C)(C)C)c4)c4ccc1[nH]4)C=C3)C=C2. The van der Waals surface area contributed by atoms with Crippen molar-refractivity contribution in [1.29, 1.82) is 0 Å². The van der Waals surface area contributed by atoms with Crippen LogP contribution in [0.1, 0.15) is 186 Å². The minimum Gasteiger partial charge on any atom is -0.354 e. The number of fused-ring (bicyclic) bond motifs is 8. The summed E-state index contributed by atoms with van der Waals surface area (Å²) in [4.78, 5) is 19.2. The summed E-state index contributed by atoms with van der Waals surface area (Å²) in [6.07, 6.45) is 18.4. The monoisotopic (exact) mass is 925 g/mol. The van der Waals surface area contributed by atoms with Crippen molar-refractivity contribution in [1.82, 2.24) is 19.9 Å². The Morgan fingerprint density at radius 3 is 0.914 bits per heavy atom. The molecule has 2 N–H and O–H groups in total. The molecule has 8 bridgehead atoms. The van der Waals surface area contributed by atoms with Crippen molar-refractivity contribution in [3.63, 3.8) is 0 Å². The van der Waals surface area contributed by atoms with Gasteiger partial charge in [0.15, 0.2) is 0 Å². The summed E-state index contributed by atoms with van der Waals surface area (Å²) in [5.74, 6) is 2.76. The fraction of sp³-hybridized carbons (Fsp3) is 0.364. The normalized spacial score (nSPS) is 13.7. The third-order valence-electron chi connectivity index (χ3n) is 14.0. The van der Waals surface area contributed by atoms with Crippen LogP contribution in [0.2, 0.25) is 0 Å². The van der Waals surface area contributed by atoms with Crippen LogP contribution in [-0.4, -0.2) is 19.9 Å². The first kappa shape index (κ1) is 50.0. The van der Waals surface area contributed by atoms with Gasteiger partial charge >= 0.3 is 0 Å². The highest BCUT2D eigenvalue weighted by molar-refractivity contribution is 5.99. The fourth-order valence-corrected chi connectivity index (χ4v) is 9.36. The molecule has 4 nitrogen and oxygen atoms in total. The quantitative estimate of drug-likeness (QED) is 0.173. The molecule has 8 rings (SSSR count). The molecule has 3 aromatic carbocycles. The van der Waals surface area contributed by atoms with Gasteiger partial charge in [0.1, 0.15) is 0 Å². The van der Waals surface area contributed by atoms with Crippen molar-refractivity contribution < 1.29 is 0 Å². The summed E-state index contributed by atoms with van der Waals surface area (Å²) in [7, 11) is 0. The minimum absolute atomic E-state index is 0.0874. The first-order chi connectivity index (χ1) is 32.4. The molecule has 0 atom stereocenters. The number of nitrogens with zero attached hydrogens (tertiary/aromatic N) is 2. The second kappa shape index (κ2) is 17.4. The molecular formula is C66H76N4. The zero-order chi connectivity index (χ0) is 51.1. The van der Waals surface area contributed by atoms with E-state index in [-0.39, 0.29) is 32.5 Å². The molecule has 0 saturated heterocycles. The van der Waals surface area contributed by atoms with E-state index < -0.39 is 0 Å². The standard InChI is InChI=1S/C66H76N4/c1-20-21-22-49-50-23-25-52(67-50)58(40-31-43(61(2,3)4)37-44(32-40)62(5,6)7)54-27-29-56(69-54)60(42-35-47(65(14,15)16)39-48(36-42)66(17,18)19)57-30-28-55(70-57)59(53-26-24-51(49)68-53)41-33-45(63(8,9)10)38-46(34-41)64(11,12)13/h1,21-39,67,70H,2-19H3/b22-21+,50-49?,51-49?,58-52?,58-54?,59-53?,59-55?,60-56?,60-57?. The highest BCUT2D eigenvalue weighted by Gasteiger charge is 2.27. The molecule has 6 aromatic rings.